The summed E-state index contributed by atoms with van der Waals surface area (Å²) >= 11 is 6.12. The molecule has 5 rings (SSSR count). The number of nitrogens with one attached hydrogen (secondary N) is 2. The number of carbonyl (C=O) groups excluding carboxylic acids is 1. The molecule has 39 heavy (non-hydrogen) atoms. The number of benzene rings is 1. The van der Waals surface area contributed by atoms with Crippen molar-refractivity contribution < 1.29 is 9.53 Å². The molecule has 1 amide bonds. The number of hydrogen-bond donors (Lipinski definition) is 2. The fraction of sp³-hybridized carbons (Fsp3) is 0.586. The molecule has 0 bridgehead atoms. The van der Waals surface area contributed by atoms with Gasteiger partial charge in [-0.1, -0.05) is 11.6 Å². The average molecular weight is 552 g/mol. The molecule has 2 aromatic rings. The van der Waals surface area contributed by atoms with Crippen molar-refractivity contribution in [1.29, 1.82) is 5.26 Å². The van der Waals surface area contributed by atoms with Gasteiger partial charge in [-0.2, -0.15) is 5.26 Å². The zero-order valence-corrected chi connectivity index (χ0v) is 23.4. The zero-order chi connectivity index (χ0) is 27.2. The first kappa shape index (κ1) is 27.6. The molecule has 1 aromatic heterocycles. The minimum absolute atomic E-state index is 0.0600. The molecule has 1 saturated carbocycles. The number of nitrogens with zero attached hydrogens (tertiary/aromatic N) is 5. The van der Waals surface area contributed by atoms with Gasteiger partial charge in [0.25, 0.3) is 5.91 Å². The Morgan fingerprint density at radius 1 is 1.05 bits per heavy atom. The van der Waals surface area contributed by atoms with E-state index in [0.29, 0.717) is 34.1 Å². The van der Waals surface area contributed by atoms with Crippen LogP contribution in [0.25, 0.3) is 0 Å². The molecule has 10 heteroatoms. The van der Waals surface area contributed by atoms with Crippen LogP contribution < -0.4 is 20.3 Å². The number of carbonyl (C=O) groups is 1. The molecule has 208 valence electrons. The van der Waals surface area contributed by atoms with Gasteiger partial charge in [0.2, 0.25) is 0 Å². The van der Waals surface area contributed by atoms with Crippen LogP contribution in [-0.4, -0.2) is 78.5 Å². The predicted octanol–water partition coefficient (Wildman–Crippen LogP) is 3.77. The Bertz CT molecular complexity index is 1150. The van der Waals surface area contributed by atoms with Crippen molar-refractivity contribution in [3.63, 3.8) is 0 Å². The summed E-state index contributed by atoms with van der Waals surface area (Å²) < 4.78 is 6.06. The Kier molecular flexibility index (Phi) is 9.17. The fourth-order valence-corrected chi connectivity index (χ4v) is 6.28. The summed E-state index contributed by atoms with van der Waals surface area (Å²) in [5.41, 5.74) is 0.789. The third kappa shape index (κ3) is 6.99. The summed E-state index contributed by atoms with van der Waals surface area (Å²) in [5.74, 6) is 1.33. The van der Waals surface area contributed by atoms with E-state index in [1.807, 2.05) is 6.07 Å². The van der Waals surface area contributed by atoms with Gasteiger partial charge in [-0.25, -0.2) is 0 Å². The Morgan fingerprint density at radius 2 is 1.77 bits per heavy atom. The van der Waals surface area contributed by atoms with Crippen LogP contribution in [0.15, 0.2) is 30.3 Å². The molecular formula is C29H38ClN7O2. The van der Waals surface area contributed by atoms with Crippen molar-refractivity contribution in [1.82, 2.24) is 25.7 Å². The first-order valence-electron chi connectivity index (χ1n) is 14.2. The van der Waals surface area contributed by atoms with Crippen molar-refractivity contribution >= 4 is 23.3 Å². The highest BCUT2D eigenvalue weighted by Crippen LogP contribution is 2.28. The Hall–Kier alpha value is -2.93. The second-order valence-corrected chi connectivity index (χ2v) is 11.4. The minimum Gasteiger partial charge on any atom is -0.490 e. The average Bonchev–Trinajstić information content (AvgIpc) is 2.98. The van der Waals surface area contributed by atoms with E-state index in [1.165, 1.54) is 12.8 Å². The standard InChI is InChI=1S/C29H38ClN7O2/c1-36(22-10-14-32-15-11-22)23-12-16-37(17-13-23)28-9-8-27(34-35-28)29(38)33-21-3-6-24(7-4-21)39-25-5-2-20(19-31)26(30)18-25/h2,5,8-9,18,21-24,32H,3-4,6-7,10-17H2,1H3,(H,33,38). The third-order valence-electron chi connectivity index (χ3n) is 8.51. The molecule has 3 aliphatic rings. The lowest BCUT2D eigenvalue weighted by Gasteiger charge is -2.42. The number of nitriles is 1. The van der Waals surface area contributed by atoms with E-state index in [9.17, 15) is 4.79 Å². The third-order valence-corrected chi connectivity index (χ3v) is 8.82. The van der Waals surface area contributed by atoms with Gasteiger partial charge in [0.05, 0.1) is 16.7 Å². The molecule has 2 saturated heterocycles. The molecule has 3 heterocycles. The van der Waals surface area contributed by atoms with Crippen LogP contribution in [0.4, 0.5) is 5.82 Å². The van der Waals surface area contributed by atoms with E-state index < -0.39 is 0 Å². The van der Waals surface area contributed by atoms with Crippen molar-refractivity contribution in [2.45, 2.75) is 75.6 Å². The molecule has 9 nitrogen and oxygen atoms in total. The molecule has 1 aliphatic carbocycles. The SMILES string of the molecule is CN(C1CCNCC1)C1CCN(c2ccc(C(=O)NC3CCC(Oc4ccc(C#N)c(Cl)c4)CC3)nn2)CC1. The van der Waals surface area contributed by atoms with E-state index in [-0.39, 0.29) is 18.1 Å². The van der Waals surface area contributed by atoms with Crippen molar-refractivity contribution in [2.75, 3.05) is 38.1 Å². The lowest BCUT2D eigenvalue weighted by atomic mass is 9.93. The van der Waals surface area contributed by atoms with E-state index in [0.717, 1.165) is 70.5 Å². The summed E-state index contributed by atoms with van der Waals surface area (Å²) in [5, 5.41) is 24.6. The Morgan fingerprint density at radius 3 is 2.41 bits per heavy atom. The number of anilines is 1. The van der Waals surface area contributed by atoms with Gasteiger partial charge < -0.3 is 25.2 Å². The maximum absolute atomic E-state index is 12.8. The number of ether oxygens (including phenoxy) is 1. The van der Waals surface area contributed by atoms with E-state index in [2.05, 4.69) is 43.7 Å². The van der Waals surface area contributed by atoms with E-state index >= 15 is 0 Å². The molecule has 3 fully saturated rings. The first-order valence-corrected chi connectivity index (χ1v) is 14.6. The maximum atomic E-state index is 12.8. The molecular weight excluding hydrogens is 514 g/mol. The normalized spacial score (nSPS) is 22.9. The summed E-state index contributed by atoms with van der Waals surface area (Å²) in [4.78, 5) is 17.7. The number of halogens is 1. The van der Waals surface area contributed by atoms with Gasteiger partial charge in [0.15, 0.2) is 11.5 Å². The largest absolute Gasteiger partial charge is 0.490 e. The molecule has 2 N–H and O–H groups in total. The van der Waals surface area contributed by atoms with Gasteiger partial charge >= 0.3 is 0 Å². The van der Waals surface area contributed by atoms with E-state index in [4.69, 9.17) is 21.6 Å². The molecule has 0 atom stereocenters. The highest BCUT2D eigenvalue weighted by molar-refractivity contribution is 6.31. The topological polar surface area (TPSA) is 106 Å². The van der Waals surface area contributed by atoms with Crippen LogP contribution in [-0.2, 0) is 0 Å². The fourth-order valence-electron chi connectivity index (χ4n) is 6.07. The molecule has 2 aliphatic heterocycles. The lowest BCUT2D eigenvalue weighted by molar-refractivity contribution is 0.0888. The van der Waals surface area contributed by atoms with Crippen molar-refractivity contribution in [3.8, 4) is 11.8 Å². The Balaban J connectivity index is 1.05. The molecule has 0 unspecified atom stereocenters. The van der Waals surface area contributed by atoms with Gasteiger partial charge in [-0.05, 0) is 95.8 Å². The molecule has 1 aromatic carbocycles. The quantitative estimate of drug-likeness (QED) is 0.535. The molecule has 0 radical (unpaired) electrons. The van der Waals surface area contributed by atoms with Crippen LogP contribution >= 0.6 is 11.6 Å². The number of piperidine rings is 2. The Labute approximate surface area is 235 Å². The summed E-state index contributed by atoms with van der Waals surface area (Å²) in [6.45, 7) is 4.16. The molecule has 0 spiro atoms. The number of rotatable bonds is 7. The van der Waals surface area contributed by atoms with Gasteiger partial charge in [0.1, 0.15) is 11.8 Å². The number of aromatic nitrogens is 2. The highest BCUT2D eigenvalue weighted by Gasteiger charge is 2.29. The maximum Gasteiger partial charge on any atom is 0.272 e. The van der Waals surface area contributed by atoms with Crippen molar-refractivity contribution in [3.05, 3.63) is 46.6 Å². The second-order valence-electron chi connectivity index (χ2n) is 11.0. The lowest BCUT2D eigenvalue weighted by Crippen LogP contribution is -2.50. The van der Waals surface area contributed by atoms with Gasteiger partial charge in [-0.3, -0.25) is 4.79 Å². The van der Waals surface area contributed by atoms with Crippen LogP contribution in [0.2, 0.25) is 5.02 Å². The van der Waals surface area contributed by atoms with Crippen LogP contribution in [0.3, 0.4) is 0 Å². The zero-order valence-electron chi connectivity index (χ0n) is 22.6. The van der Waals surface area contributed by atoms with Gasteiger partial charge in [0, 0.05) is 37.3 Å². The van der Waals surface area contributed by atoms with Crippen molar-refractivity contribution in [2.24, 2.45) is 0 Å². The number of amides is 1. The number of hydrogen-bond acceptors (Lipinski definition) is 8. The second kappa shape index (κ2) is 12.9. The summed E-state index contributed by atoms with van der Waals surface area (Å²) in [7, 11) is 2.29. The van der Waals surface area contributed by atoms with Gasteiger partial charge in [-0.15, -0.1) is 10.2 Å². The van der Waals surface area contributed by atoms with Crippen LogP contribution in [0.1, 0.15) is 67.4 Å². The summed E-state index contributed by atoms with van der Waals surface area (Å²) in [6, 6.07) is 12.3. The summed E-state index contributed by atoms with van der Waals surface area (Å²) in [6.07, 6.45) is 8.07. The monoisotopic (exact) mass is 551 g/mol. The predicted molar refractivity (Wildman–Crippen MR) is 151 cm³/mol. The highest BCUT2D eigenvalue weighted by atomic mass is 35.5. The minimum atomic E-state index is -0.181. The van der Waals surface area contributed by atoms with E-state index in [1.54, 1.807) is 24.3 Å². The first-order chi connectivity index (χ1) is 19.0. The van der Waals surface area contributed by atoms with Crippen LogP contribution in [0, 0.1) is 11.3 Å². The van der Waals surface area contributed by atoms with Crippen LogP contribution in [0.5, 0.6) is 5.75 Å². The smallest absolute Gasteiger partial charge is 0.272 e.